The summed E-state index contributed by atoms with van der Waals surface area (Å²) in [6, 6.07) is 10.7. The van der Waals surface area contributed by atoms with Gasteiger partial charge in [0.25, 0.3) is 0 Å². The third-order valence-corrected chi connectivity index (χ3v) is 4.66. The molecule has 126 valence electrons. The highest BCUT2D eigenvalue weighted by Crippen LogP contribution is 2.27. The maximum absolute atomic E-state index is 8.86. The van der Waals surface area contributed by atoms with Crippen molar-refractivity contribution < 1.29 is 0 Å². The van der Waals surface area contributed by atoms with Crippen LogP contribution in [0.4, 0.5) is 11.8 Å². The van der Waals surface area contributed by atoms with E-state index in [0.717, 1.165) is 48.6 Å². The summed E-state index contributed by atoms with van der Waals surface area (Å²) in [6.07, 6.45) is 2.69. The van der Waals surface area contributed by atoms with E-state index in [-0.39, 0.29) is 0 Å². The number of aromatic nitrogens is 2. The number of nitriles is 1. The van der Waals surface area contributed by atoms with E-state index in [4.69, 9.17) is 15.2 Å². The molecule has 1 saturated heterocycles. The Labute approximate surface area is 143 Å². The van der Waals surface area contributed by atoms with Crippen molar-refractivity contribution in [2.24, 2.45) is 0 Å². The van der Waals surface area contributed by atoms with Gasteiger partial charge in [0.1, 0.15) is 5.82 Å². The summed E-state index contributed by atoms with van der Waals surface area (Å²) < 4.78 is 0. The molecule has 1 aliphatic heterocycles. The minimum Gasteiger partial charge on any atom is -0.358 e. The van der Waals surface area contributed by atoms with E-state index in [2.05, 4.69) is 23.3 Å². The zero-order valence-electron chi connectivity index (χ0n) is 14.4. The lowest BCUT2D eigenvalue weighted by Gasteiger charge is -2.32. The van der Waals surface area contributed by atoms with Crippen LogP contribution in [0.2, 0.25) is 0 Å². The van der Waals surface area contributed by atoms with Gasteiger partial charge in [0.2, 0.25) is 5.95 Å². The number of piperidine rings is 1. The standard InChI is InChI=1S/C18H24N6/c1-23(13-5-10-19)17-15-6-3-4-7-16(15)21-18(22-17)24(2)14-8-11-20-12-9-14/h3-4,6-7,14,20H,5,8-9,11-13H2,1-2H3. The number of benzene rings is 1. The molecule has 1 aliphatic rings. The first-order valence-corrected chi connectivity index (χ1v) is 8.49. The minimum absolute atomic E-state index is 0.463. The average Bonchev–Trinajstić information content (AvgIpc) is 2.65. The maximum atomic E-state index is 8.86. The Morgan fingerprint density at radius 2 is 1.96 bits per heavy atom. The van der Waals surface area contributed by atoms with Gasteiger partial charge in [-0.1, -0.05) is 12.1 Å². The molecule has 0 spiro atoms. The lowest BCUT2D eigenvalue weighted by atomic mass is 10.1. The number of para-hydroxylation sites is 1. The number of nitrogens with one attached hydrogen (secondary N) is 1. The molecular weight excluding hydrogens is 300 g/mol. The van der Waals surface area contributed by atoms with Crippen molar-refractivity contribution in [3.63, 3.8) is 0 Å². The van der Waals surface area contributed by atoms with Crippen LogP contribution >= 0.6 is 0 Å². The monoisotopic (exact) mass is 324 g/mol. The molecule has 1 fully saturated rings. The molecule has 6 nitrogen and oxygen atoms in total. The molecule has 1 aromatic heterocycles. The quantitative estimate of drug-likeness (QED) is 0.909. The van der Waals surface area contributed by atoms with Gasteiger partial charge in [0, 0.05) is 32.1 Å². The summed E-state index contributed by atoms with van der Waals surface area (Å²) in [6.45, 7) is 2.74. The molecule has 6 heteroatoms. The van der Waals surface area contributed by atoms with Gasteiger partial charge in [-0.25, -0.2) is 4.98 Å². The Hall–Kier alpha value is -2.39. The van der Waals surface area contributed by atoms with Crippen molar-refractivity contribution >= 4 is 22.7 Å². The highest BCUT2D eigenvalue weighted by atomic mass is 15.3. The first-order valence-electron chi connectivity index (χ1n) is 8.49. The topological polar surface area (TPSA) is 68.1 Å². The SMILES string of the molecule is CN(CCC#N)c1nc(N(C)C2CCNCC2)nc2ccccc12. The zero-order chi connectivity index (χ0) is 16.9. The lowest BCUT2D eigenvalue weighted by molar-refractivity contribution is 0.440. The predicted octanol–water partition coefficient (Wildman–Crippen LogP) is 2.17. The van der Waals surface area contributed by atoms with Crippen molar-refractivity contribution in [3.8, 4) is 6.07 Å². The third kappa shape index (κ3) is 3.41. The molecule has 0 saturated carbocycles. The Morgan fingerprint density at radius 3 is 2.71 bits per heavy atom. The molecule has 0 aliphatic carbocycles. The molecule has 0 unspecified atom stereocenters. The summed E-state index contributed by atoms with van der Waals surface area (Å²) in [5.74, 6) is 1.66. The van der Waals surface area contributed by atoms with Gasteiger partial charge >= 0.3 is 0 Å². The fourth-order valence-electron chi connectivity index (χ4n) is 3.18. The zero-order valence-corrected chi connectivity index (χ0v) is 14.4. The van der Waals surface area contributed by atoms with Crippen molar-refractivity contribution in [2.45, 2.75) is 25.3 Å². The maximum Gasteiger partial charge on any atom is 0.227 e. The van der Waals surface area contributed by atoms with Crippen molar-refractivity contribution in [3.05, 3.63) is 24.3 Å². The number of fused-ring (bicyclic) bond motifs is 1. The van der Waals surface area contributed by atoms with Gasteiger partial charge in [-0.2, -0.15) is 10.2 Å². The van der Waals surface area contributed by atoms with Crippen LogP contribution in [0.3, 0.4) is 0 Å². The van der Waals surface area contributed by atoms with Crippen LogP contribution in [0, 0.1) is 11.3 Å². The van der Waals surface area contributed by atoms with Gasteiger partial charge in [-0.3, -0.25) is 0 Å². The van der Waals surface area contributed by atoms with Crippen LogP contribution in [0.25, 0.3) is 10.9 Å². The van der Waals surface area contributed by atoms with Crippen LogP contribution < -0.4 is 15.1 Å². The predicted molar refractivity (Wildman–Crippen MR) is 97.3 cm³/mol. The van der Waals surface area contributed by atoms with E-state index in [9.17, 15) is 0 Å². The summed E-state index contributed by atoms with van der Waals surface area (Å²) in [7, 11) is 4.07. The Balaban J connectivity index is 1.98. The Morgan fingerprint density at radius 1 is 1.21 bits per heavy atom. The number of hydrogen-bond donors (Lipinski definition) is 1. The largest absolute Gasteiger partial charge is 0.358 e. The Bertz CT molecular complexity index is 732. The summed E-state index contributed by atoms with van der Waals surface area (Å²) >= 11 is 0. The molecule has 1 aromatic carbocycles. The molecule has 0 atom stereocenters. The minimum atomic E-state index is 0.463. The second kappa shape index (κ2) is 7.45. The van der Waals surface area contributed by atoms with Crippen LogP contribution in [-0.4, -0.2) is 49.7 Å². The van der Waals surface area contributed by atoms with Crippen molar-refractivity contribution in [2.75, 3.05) is 43.5 Å². The fourth-order valence-corrected chi connectivity index (χ4v) is 3.18. The lowest BCUT2D eigenvalue weighted by Crippen LogP contribution is -2.42. The van der Waals surface area contributed by atoms with Crippen LogP contribution in [-0.2, 0) is 0 Å². The molecule has 1 N–H and O–H groups in total. The van der Waals surface area contributed by atoms with E-state index >= 15 is 0 Å². The molecule has 2 heterocycles. The molecule has 0 amide bonds. The first-order chi connectivity index (χ1) is 11.7. The van der Waals surface area contributed by atoms with Crippen LogP contribution in [0.15, 0.2) is 24.3 Å². The van der Waals surface area contributed by atoms with Gasteiger partial charge in [-0.05, 0) is 38.1 Å². The van der Waals surface area contributed by atoms with Gasteiger partial charge in [-0.15, -0.1) is 0 Å². The molecule has 0 bridgehead atoms. The average molecular weight is 324 g/mol. The van der Waals surface area contributed by atoms with Crippen molar-refractivity contribution in [1.29, 1.82) is 5.26 Å². The fraction of sp³-hybridized carbons (Fsp3) is 0.500. The van der Waals surface area contributed by atoms with Crippen LogP contribution in [0.1, 0.15) is 19.3 Å². The molecule has 3 rings (SSSR count). The smallest absolute Gasteiger partial charge is 0.227 e. The second-order valence-electron chi connectivity index (χ2n) is 6.29. The van der Waals surface area contributed by atoms with E-state index in [1.165, 1.54) is 0 Å². The van der Waals surface area contributed by atoms with Crippen LogP contribution in [0.5, 0.6) is 0 Å². The van der Waals surface area contributed by atoms with E-state index in [1.807, 2.05) is 36.2 Å². The second-order valence-corrected chi connectivity index (χ2v) is 6.29. The normalized spacial score (nSPS) is 15.2. The van der Waals surface area contributed by atoms with Crippen molar-refractivity contribution in [1.82, 2.24) is 15.3 Å². The summed E-state index contributed by atoms with van der Waals surface area (Å²) in [4.78, 5) is 13.9. The first kappa shape index (κ1) is 16.5. The highest BCUT2D eigenvalue weighted by Gasteiger charge is 2.21. The summed E-state index contributed by atoms with van der Waals surface area (Å²) in [5.41, 5.74) is 0.946. The number of rotatable bonds is 5. The van der Waals surface area contributed by atoms with Gasteiger partial charge < -0.3 is 15.1 Å². The van der Waals surface area contributed by atoms with Gasteiger partial charge in [0.05, 0.1) is 18.0 Å². The van der Waals surface area contributed by atoms with Gasteiger partial charge in [0.15, 0.2) is 0 Å². The Kier molecular flexibility index (Phi) is 5.11. The number of anilines is 2. The van der Waals surface area contributed by atoms with E-state index in [0.29, 0.717) is 19.0 Å². The highest BCUT2D eigenvalue weighted by molar-refractivity contribution is 5.90. The molecular formula is C18H24N6. The molecule has 2 aromatic rings. The number of hydrogen-bond acceptors (Lipinski definition) is 6. The summed E-state index contributed by atoms with van der Waals surface area (Å²) in [5, 5.41) is 13.3. The van der Waals surface area contributed by atoms with E-state index in [1.54, 1.807) is 0 Å². The number of nitrogens with zero attached hydrogens (tertiary/aromatic N) is 5. The third-order valence-electron chi connectivity index (χ3n) is 4.66. The molecule has 24 heavy (non-hydrogen) atoms. The van der Waals surface area contributed by atoms with E-state index < -0.39 is 0 Å². The molecule has 0 radical (unpaired) electrons.